The molecule has 2 rings (SSSR count). The summed E-state index contributed by atoms with van der Waals surface area (Å²) in [7, 11) is 4.15. The van der Waals surface area contributed by atoms with E-state index in [2.05, 4.69) is 30.0 Å². The lowest BCUT2D eigenvalue weighted by Gasteiger charge is -2.34. The van der Waals surface area contributed by atoms with Gasteiger partial charge in [0.25, 0.3) is 0 Å². The lowest BCUT2D eigenvalue weighted by molar-refractivity contribution is -0.139. The molecule has 0 aromatic carbocycles. The van der Waals surface area contributed by atoms with Crippen molar-refractivity contribution in [2.24, 2.45) is 5.92 Å². The molecule has 1 fully saturated rings. The molecule has 2 heterocycles. The van der Waals surface area contributed by atoms with Crippen LogP contribution in [-0.4, -0.2) is 44.0 Å². The third-order valence-corrected chi connectivity index (χ3v) is 2.86. The molecule has 0 saturated carbocycles. The predicted molar refractivity (Wildman–Crippen MR) is 60.9 cm³/mol. The lowest BCUT2D eigenvalue weighted by atomic mass is 9.94. The van der Waals surface area contributed by atoms with E-state index < -0.39 is 0 Å². The second-order valence-corrected chi connectivity index (χ2v) is 4.31. The molecule has 0 aliphatic carbocycles. The first kappa shape index (κ1) is 11.5. The van der Waals surface area contributed by atoms with Gasteiger partial charge in [-0.3, -0.25) is 4.98 Å². The maximum atomic E-state index is 5.37. The zero-order chi connectivity index (χ0) is 11.4. The van der Waals surface area contributed by atoms with Crippen molar-refractivity contribution in [3.63, 3.8) is 0 Å². The first-order valence-electron chi connectivity index (χ1n) is 5.51. The van der Waals surface area contributed by atoms with Gasteiger partial charge in [-0.1, -0.05) is 6.07 Å². The summed E-state index contributed by atoms with van der Waals surface area (Å²) in [5, 5.41) is 0. The van der Waals surface area contributed by atoms with E-state index in [0.29, 0.717) is 18.8 Å². The molecule has 0 radical (unpaired) electrons. The van der Waals surface area contributed by atoms with Gasteiger partial charge in [0.15, 0.2) is 0 Å². The Morgan fingerprint density at radius 2 is 2.12 bits per heavy atom. The molecular weight excluding hydrogens is 204 g/mol. The maximum Gasteiger partial charge on any atom is 0.146 e. The molecule has 0 N–H and O–H groups in total. The highest BCUT2D eigenvalue weighted by Crippen LogP contribution is 2.28. The lowest BCUT2D eigenvalue weighted by Crippen LogP contribution is -2.36. The van der Waals surface area contributed by atoms with Gasteiger partial charge in [0.05, 0.1) is 13.2 Å². The first-order valence-corrected chi connectivity index (χ1v) is 5.51. The van der Waals surface area contributed by atoms with Crippen molar-refractivity contribution in [2.75, 3.05) is 34.1 Å². The number of hydrogen-bond donors (Lipinski definition) is 0. The molecule has 1 aromatic rings. The summed E-state index contributed by atoms with van der Waals surface area (Å²) in [5.41, 5.74) is 1.21. The SMILES string of the molecule is CN(C)[C@H](c1cccnc1)C1COCOC1. The van der Waals surface area contributed by atoms with Gasteiger partial charge in [0.1, 0.15) is 6.79 Å². The van der Waals surface area contributed by atoms with Gasteiger partial charge in [-0.15, -0.1) is 0 Å². The van der Waals surface area contributed by atoms with Gasteiger partial charge in [0.2, 0.25) is 0 Å². The van der Waals surface area contributed by atoms with Crippen molar-refractivity contribution >= 4 is 0 Å². The van der Waals surface area contributed by atoms with Crippen molar-refractivity contribution in [1.82, 2.24) is 9.88 Å². The van der Waals surface area contributed by atoms with E-state index in [9.17, 15) is 0 Å². The van der Waals surface area contributed by atoms with Gasteiger partial charge in [-0.05, 0) is 25.7 Å². The molecular formula is C12H18N2O2. The van der Waals surface area contributed by atoms with E-state index in [1.54, 1.807) is 6.20 Å². The molecule has 1 aliphatic rings. The number of hydrogen-bond acceptors (Lipinski definition) is 4. The van der Waals surface area contributed by atoms with Crippen molar-refractivity contribution in [3.05, 3.63) is 30.1 Å². The van der Waals surface area contributed by atoms with E-state index in [-0.39, 0.29) is 0 Å². The molecule has 1 aliphatic heterocycles. The van der Waals surface area contributed by atoms with E-state index in [1.807, 2.05) is 12.3 Å². The minimum Gasteiger partial charge on any atom is -0.355 e. The van der Waals surface area contributed by atoms with Crippen LogP contribution in [0.15, 0.2) is 24.5 Å². The van der Waals surface area contributed by atoms with Gasteiger partial charge in [-0.2, -0.15) is 0 Å². The second kappa shape index (κ2) is 5.39. The van der Waals surface area contributed by atoms with Crippen LogP contribution in [0.3, 0.4) is 0 Å². The predicted octanol–water partition coefficient (Wildman–Crippen LogP) is 1.30. The van der Waals surface area contributed by atoms with Crippen LogP contribution < -0.4 is 0 Å². The fraction of sp³-hybridized carbons (Fsp3) is 0.583. The minimum absolute atomic E-state index is 0.300. The van der Waals surface area contributed by atoms with Crippen molar-refractivity contribution < 1.29 is 9.47 Å². The zero-order valence-corrected chi connectivity index (χ0v) is 9.80. The second-order valence-electron chi connectivity index (χ2n) is 4.31. The van der Waals surface area contributed by atoms with Crippen molar-refractivity contribution in [3.8, 4) is 0 Å². The Kier molecular flexibility index (Phi) is 3.88. The summed E-state index contributed by atoms with van der Waals surface area (Å²) in [4.78, 5) is 6.37. The fourth-order valence-electron chi connectivity index (χ4n) is 2.23. The molecule has 4 nitrogen and oxygen atoms in total. The molecule has 1 saturated heterocycles. The van der Waals surface area contributed by atoms with E-state index >= 15 is 0 Å². The van der Waals surface area contributed by atoms with Gasteiger partial charge < -0.3 is 14.4 Å². The quantitative estimate of drug-likeness (QED) is 0.772. The number of ether oxygens (including phenoxy) is 2. The third kappa shape index (κ3) is 2.58. The van der Waals surface area contributed by atoms with Crippen molar-refractivity contribution in [2.45, 2.75) is 6.04 Å². The van der Waals surface area contributed by atoms with Crippen LogP contribution in [0.1, 0.15) is 11.6 Å². The molecule has 0 unspecified atom stereocenters. The average molecular weight is 222 g/mol. The molecule has 0 bridgehead atoms. The average Bonchev–Trinajstić information content (AvgIpc) is 2.31. The molecule has 1 aromatic heterocycles. The molecule has 88 valence electrons. The number of pyridine rings is 1. The zero-order valence-electron chi connectivity index (χ0n) is 9.80. The van der Waals surface area contributed by atoms with Crippen LogP contribution in [0.25, 0.3) is 0 Å². The smallest absolute Gasteiger partial charge is 0.146 e. The third-order valence-electron chi connectivity index (χ3n) is 2.86. The summed E-state index contributed by atoms with van der Waals surface area (Å²) >= 11 is 0. The molecule has 0 amide bonds. The molecule has 4 heteroatoms. The summed E-state index contributed by atoms with van der Waals surface area (Å²) in [6.45, 7) is 1.92. The first-order chi connectivity index (χ1) is 7.79. The van der Waals surface area contributed by atoms with Gasteiger partial charge in [0, 0.05) is 24.4 Å². The summed E-state index contributed by atoms with van der Waals surface area (Å²) in [5.74, 6) is 0.368. The normalized spacial score (nSPS) is 19.9. The van der Waals surface area contributed by atoms with Crippen LogP contribution in [0, 0.1) is 5.92 Å². The highest BCUT2D eigenvalue weighted by molar-refractivity contribution is 5.15. The van der Waals surface area contributed by atoms with Crippen LogP contribution in [0.5, 0.6) is 0 Å². The summed E-state index contributed by atoms with van der Waals surface area (Å²) in [6.07, 6.45) is 3.71. The van der Waals surface area contributed by atoms with Crippen molar-refractivity contribution in [1.29, 1.82) is 0 Å². The number of nitrogens with zero attached hydrogens (tertiary/aromatic N) is 2. The highest BCUT2D eigenvalue weighted by Gasteiger charge is 2.27. The summed E-state index contributed by atoms with van der Waals surface area (Å²) in [6, 6.07) is 4.37. The monoisotopic (exact) mass is 222 g/mol. The van der Waals surface area contributed by atoms with E-state index in [1.165, 1.54) is 5.56 Å². The molecule has 16 heavy (non-hydrogen) atoms. The van der Waals surface area contributed by atoms with Gasteiger partial charge in [-0.25, -0.2) is 0 Å². The Balaban J connectivity index is 2.16. The van der Waals surface area contributed by atoms with Crippen LogP contribution >= 0.6 is 0 Å². The number of aromatic nitrogens is 1. The topological polar surface area (TPSA) is 34.6 Å². The molecule has 1 atom stereocenters. The van der Waals surface area contributed by atoms with E-state index in [0.717, 1.165) is 13.2 Å². The summed E-state index contributed by atoms with van der Waals surface area (Å²) < 4.78 is 10.7. The Morgan fingerprint density at radius 1 is 1.38 bits per heavy atom. The van der Waals surface area contributed by atoms with Crippen LogP contribution in [0.2, 0.25) is 0 Å². The Hall–Kier alpha value is -0.970. The molecule has 0 spiro atoms. The minimum atomic E-state index is 0.300. The fourth-order valence-corrected chi connectivity index (χ4v) is 2.23. The largest absolute Gasteiger partial charge is 0.355 e. The Morgan fingerprint density at radius 3 is 2.69 bits per heavy atom. The van der Waals surface area contributed by atoms with Gasteiger partial charge >= 0.3 is 0 Å². The standard InChI is InChI=1S/C12H18N2O2/c1-14(2)12(10-4-3-5-13-6-10)11-7-15-9-16-8-11/h3-6,11-12H,7-9H2,1-2H3/t12-/m1/s1. The maximum absolute atomic E-state index is 5.37. The Bertz CT molecular complexity index is 310. The van der Waals surface area contributed by atoms with Crippen LogP contribution in [0.4, 0.5) is 0 Å². The van der Waals surface area contributed by atoms with Crippen LogP contribution in [-0.2, 0) is 9.47 Å². The highest BCUT2D eigenvalue weighted by atomic mass is 16.7. The van der Waals surface area contributed by atoms with E-state index in [4.69, 9.17) is 9.47 Å². The Labute approximate surface area is 96.2 Å². The number of rotatable bonds is 3.